The summed E-state index contributed by atoms with van der Waals surface area (Å²) in [5, 5.41) is 7.24. The van der Waals surface area contributed by atoms with Crippen molar-refractivity contribution >= 4 is 17.5 Å². The molecule has 2 aromatic heterocycles. The van der Waals surface area contributed by atoms with Gasteiger partial charge in [-0.05, 0) is 31.7 Å². The number of H-pyrrole nitrogens is 1. The van der Waals surface area contributed by atoms with E-state index < -0.39 is 5.60 Å². The minimum atomic E-state index is -0.484. The second kappa shape index (κ2) is 7.49. The highest BCUT2D eigenvalue weighted by Crippen LogP contribution is 2.41. The van der Waals surface area contributed by atoms with Crippen molar-refractivity contribution in [3.63, 3.8) is 0 Å². The Bertz CT molecular complexity index is 1090. The fraction of sp³-hybridized carbons (Fsp3) is 0.364. The van der Waals surface area contributed by atoms with E-state index in [0.29, 0.717) is 49.1 Å². The zero-order chi connectivity index (χ0) is 20.7. The first kappa shape index (κ1) is 19.2. The van der Waals surface area contributed by atoms with Crippen molar-refractivity contribution in [2.75, 3.05) is 19.7 Å². The van der Waals surface area contributed by atoms with Crippen molar-refractivity contribution in [2.45, 2.75) is 31.8 Å². The molecule has 2 aliphatic rings. The molecule has 2 aliphatic heterocycles. The monoisotopic (exact) mass is 423 g/mol. The number of carbonyl (C=O) groups excluding carboxylic acids is 1. The van der Waals surface area contributed by atoms with Gasteiger partial charge in [0.1, 0.15) is 5.60 Å². The predicted molar refractivity (Wildman–Crippen MR) is 112 cm³/mol. The first-order valence-corrected chi connectivity index (χ1v) is 10.5. The van der Waals surface area contributed by atoms with E-state index in [4.69, 9.17) is 21.3 Å². The van der Waals surface area contributed by atoms with Gasteiger partial charge < -0.3 is 9.64 Å². The van der Waals surface area contributed by atoms with E-state index in [0.717, 1.165) is 23.2 Å². The van der Waals surface area contributed by atoms with Crippen LogP contribution in [0.2, 0.25) is 5.02 Å². The molecule has 0 unspecified atom stereocenters. The topological polar surface area (TPSA) is 84.0 Å². The van der Waals surface area contributed by atoms with Crippen molar-refractivity contribution in [1.29, 1.82) is 0 Å². The Kier molecular flexibility index (Phi) is 4.79. The molecule has 0 atom stereocenters. The fourth-order valence-electron chi connectivity index (χ4n) is 4.29. The maximum Gasteiger partial charge on any atom is 0.275 e. The summed E-state index contributed by atoms with van der Waals surface area (Å²) in [6.45, 7) is 3.56. The molecule has 5 rings (SSSR count). The van der Waals surface area contributed by atoms with E-state index >= 15 is 0 Å². The zero-order valence-electron chi connectivity index (χ0n) is 16.7. The Labute approximate surface area is 179 Å². The van der Waals surface area contributed by atoms with Gasteiger partial charge in [0.15, 0.2) is 11.5 Å². The van der Waals surface area contributed by atoms with Crippen LogP contribution in [-0.4, -0.2) is 50.7 Å². The zero-order valence-corrected chi connectivity index (χ0v) is 17.4. The molecule has 1 spiro atoms. The van der Waals surface area contributed by atoms with E-state index in [2.05, 4.69) is 15.2 Å². The molecule has 8 heteroatoms. The van der Waals surface area contributed by atoms with Crippen LogP contribution in [0.1, 0.15) is 40.3 Å². The van der Waals surface area contributed by atoms with Gasteiger partial charge in [-0.3, -0.25) is 9.89 Å². The molecule has 0 radical (unpaired) electrons. The number of nitrogens with zero attached hydrogens (tertiary/aromatic N) is 4. The molecule has 4 heterocycles. The number of aromatic nitrogens is 4. The summed E-state index contributed by atoms with van der Waals surface area (Å²) in [5.41, 5.74) is 3.57. The van der Waals surface area contributed by atoms with E-state index in [1.54, 1.807) is 11.8 Å². The van der Waals surface area contributed by atoms with E-state index in [1.165, 1.54) is 0 Å². The lowest BCUT2D eigenvalue weighted by Gasteiger charge is -2.44. The number of carbonyl (C=O) groups is 1. The number of ether oxygens (including phenoxy) is 1. The summed E-state index contributed by atoms with van der Waals surface area (Å²) in [5.74, 6) is 0.555. The number of hydrogen-bond acceptors (Lipinski definition) is 5. The number of piperidine rings is 1. The number of nitrogens with one attached hydrogen (secondary N) is 1. The number of benzene rings is 1. The van der Waals surface area contributed by atoms with Gasteiger partial charge in [0.25, 0.3) is 5.91 Å². The number of aromatic amines is 1. The lowest BCUT2D eigenvalue weighted by Crippen LogP contribution is -2.49. The van der Waals surface area contributed by atoms with Crippen LogP contribution >= 0.6 is 11.6 Å². The second-order valence-corrected chi connectivity index (χ2v) is 8.21. The summed E-state index contributed by atoms with van der Waals surface area (Å²) < 4.78 is 6.31. The van der Waals surface area contributed by atoms with Crippen molar-refractivity contribution in [2.24, 2.45) is 0 Å². The minimum Gasteiger partial charge on any atom is -0.368 e. The summed E-state index contributed by atoms with van der Waals surface area (Å²) in [6, 6.07) is 9.96. The Morgan fingerprint density at radius 2 is 2.00 bits per heavy atom. The molecular weight excluding hydrogens is 402 g/mol. The minimum absolute atomic E-state index is 0.150. The molecule has 0 bridgehead atoms. The number of fused-ring (bicyclic) bond motifs is 2. The highest BCUT2D eigenvalue weighted by Gasteiger charge is 2.44. The van der Waals surface area contributed by atoms with Gasteiger partial charge in [-0.2, -0.15) is 5.10 Å². The number of likely N-dealkylation sites (tertiary alicyclic amines) is 1. The maximum absolute atomic E-state index is 12.9. The first-order valence-electron chi connectivity index (χ1n) is 10.1. The molecule has 30 heavy (non-hydrogen) atoms. The third kappa shape index (κ3) is 3.18. The lowest BCUT2D eigenvalue weighted by atomic mass is 9.83. The van der Waals surface area contributed by atoms with Crippen LogP contribution in [0.3, 0.4) is 0 Å². The predicted octanol–water partition coefficient (Wildman–Crippen LogP) is 3.53. The van der Waals surface area contributed by atoms with Crippen molar-refractivity contribution in [3.8, 4) is 11.4 Å². The van der Waals surface area contributed by atoms with Gasteiger partial charge >= 0.3 is 0 Å². The van der Waals surface area contributed by atoms with Crippen LogP contribution in [0, 0.1) is 6.92 Å². The van der Waals surface area contributed by atoms with Crippen LogP contribution < -0.4 is 0 Å². The van der Waals surface area contributed by atoms with Crippen LogP contribution in [-0.2, 0) is 16.8 Å². The second-order valence-electron chi connectivity index (χ2n) is 7.83. The average Bonchev–Trinajstić information content (AvgIpc) is 3.13. The molecular formula is C22H22ClN5O2. The van der Waals surface area contributed by atoms with Gasteiger partial charge in [0.05, 0.1) is 23.0 Å². The highest BCUT2D eigenvalue weighted by atomic mass is 35.5. The smallest absolute Gasteiger partial charge is 0.275 e. The molecule has 1 saturated heterocycles. The fourth-order valence-corrected chi connectivity index (χ4v) is 4.46. The van der Waals surface area contributed by atoms with Crippen LogP contribution in [0.15, 0.2) is 36.5 Å². The summed E-state index contributed by atoms with van der Waals surface area (Å²) in [7, 11) is 0. The number of amides is 1. The largest absolute Gasteiger partial charge is 0.368 e. The van der Waals surface area contributed by atoms with Crippen molar-refractivity contribution in [3.05, 3.63) is 64.2 Å². The molecule has 3 aromatic rings. The summed E-state index contributed by atoms with van der Waals surface area (Å²) in [6.07, 6.45) is 4.09. The van der Waals surface area contributed by atoms with Gasteiger partial charge in [-0.15, -0.1) is 0 Å². The van der Waals surface area contributed by atoms with Crippen molar-refractivity contribution < 1.29 is 9.53 Å². The average molecular weight is 424 g/mol. The van der Waals surface area contributed by atoms with Crippen LogP contribution in [0.5, 0.6) is 0 Å². The van der Waals surface area contributed by atoms with Gasteiger partial charge in [0, 0.05) is 24.8 Å². The van der Waals surface area contributed by atoms with Crippen LogP contribution in [0.25, 0.3) is 11.4 Å². The summed E-state index contributed by atoms with van der Waals surface area (Å²) >= 11 is 6.22. The van der Waals surface area contributed by atoms with E-state index in [1.807, 2.05) is 36.5 Å². The molecule has 0 saturated carbocycles. The Balaban J connectivity index is 1.41. The molecule has 0 aliphatic carbocycles. The molecule has 1 fully saturated rings. The van der Waals surface area contributed by atoms with Crippen molar-refractivity contribution in [1.82, 2.24) is 25.1 Å². The Morgan fingerprint density at radius 3 is 2.70 bits per heavy atom. The molecule has 154 valence electrons. The standard InChI is InChI=1S/C22H22ClN5O2/c1-14-17(23)18(27-26-14)21(29)28-10-8-22(9-11-28)19-16(7-12-30-22)13-24-20(25-19)15-5-3-2-4-6-15/h2-6,13H,7-12H2,1H3,(H,26,27). The van der Waals surface area contributed by atoms with Gasteiger partial charge in [-0.25, -0.2) is 9.97 Å². The number of hydrogen-bond donors (Lipinski definition) is 1. The van der Waals surface area contributed by atoms with Gasteiger partial charge in [-0.1, -0.05) is 41.9 Å². The van der Waals surface area contributed by atoms with E-state index in [9.17, 15) is 4.79 Å². The quantitative estimate of drug-likeness (QED) is 0.681. The highest BCUT2D eigenvalue weighted by molar-refractivity contribution is 6.34. The lowest BCUT2D eigenvalue weighted by molar-refractivity contribution is -0.0967. The third-order valence-corrected chi connectivity index (χ3v) is 6.47. The number of halogens is 1. The normalized spacial score (nSPS) is 17.7. The Hall–Kier alpha value is -2.77. The Morgan fingerprint density at radius 1 is 1.23 bits per heavy atom. The molecule has 1 N–H and O–H groups in total. The maximum atomic E-state index is 12.9. The summed E-state index contributed by atoms with van der Waals surface area (Å²) in [4.78, 5) is 24.2. The molecule has 1 amide bonds. The molecule has 1 aromatic carbocycles. The van der Waals surface area contributed by atoms with Gasteiger partial charge in [0.2, 0.25) is 0 Å². The number of aryl methyl sites for hydroxylation is 1. The SMILES string of the molecule is Cc1[nH]nc(C(=O)N2CCC3(CC2)OCCc2cnc(-c4ccccc4)nc23)c1Cl. The molecule has 7 nitrogen and oxygen atoms in total. The van der Waals surface area contributed by atoms with E-state index in [-0.39, 0.29) is 11.6 Å². The van der Waals surface area contributed by atoms with Crippen LogP contribution in [0.4, 0.5) is 0 Å². The first-order chi connectivity index (χ1) is 14.6. The third-order valence-electron chi connectivity index (χ3n) is 6.01. The number of rotatable bonds is 2.